The van der Waals surface area contributed by atoms with E-state index in [2.05, 4.69) is 15.2 Å². The summed E-state index contributed by atoms with van der Waals surface area (Å²) in [6.45, 7) is 1.95. The molecule has 0 aromatic carbocycles. The monoisotopic (exact) mass is 228 g/mol. The van der Waals surface area contributed by atoms with Gasteiger partial charge >= 0.3 is 0 Å². The van der Waals surface area contributed by atoms with E-state index in [0.717, 1.165) is 22.3 Å². The smallest absolute Gasteiger partial charge is 0.124 e. The zero-order valence-corrected chi connectivity index (χ0v) is 9.62. The third-order valence-corrected chi connectivity index (χ3v) is 2.71. The zero-order valence-electron chi connectivity index (χ0n) is 9.62. The van der Waals surface area contributed by atoms with E-state index >= 15 is 0 Å². The first-order valence-electron chi connectivity index (χ1n) is 5.25. The van der Waals surface area contributed by atoms with E-state index in [-0.39, 0.29) is 0 Å². The molecule has 3 aromatic rings. The Morgan fingerprint density at radius 1 is 1.29 bits per heavy atom. The number of anilines is 1. The van der Waals surface area contributed by atoms with Crippen molar-refractivity contribution < 1.29 is 0 Å². The number of nitrogens with two attached hydrogens (primary N) is 1. The highest BCUT2D eigenvalue weighted by molar-refractivity contribution is 5.84. The van der Waals surface area contributed by atoms with Crippen molar-refractivity contribution in [3.63, 3.8) is 0 Å². The van der Waals surface area contributed by atoms with Gasteiger partial charge < -0.3 is 5.73 Å². The van der Waals surface area contributed by atoms with Crippen LogP contribution in [0.4, 0.5) is 5.82 Å². The molecule has 0 aliphatic carbocycles. The molecule has 0 aliphatic rings. The van der Waals surface area contributed by atoms with Gasteiger partial charge in [-0.1, -0.05) is 0 Å². The quantitative estimate of drug-likeness (QED) is 0.675. The van der Waals surface area contributed by atoms with Crippen LogP contribution < -0.4 is 5.73 Å². The molecule has 0 atom stereocenters. The minimum absolute atomic E-state index is 0.506. The van der Waals surface area contributed by atoms with Crippen LogP contribution >= 0.6 is 0 Å². The summed E-state index contributed by atoms with van der Waals surface area (Å²) < 4.78 is 3.56. The van der Waals surface area contributed by atoms with Crippen LogP contribution in [0, 0.1) is 6.92 Å². The lowest BCUT2D eigenvalue weighted by atomic mass is 10.2. The Kier molecular flexibility index (Phi) is 1.91. The van der Waals surface area contributed by atoms with Gasteiger partial charge in [-0.25, -0.2) is 9.67 Å². The van der Waals surface area contributed by atoms with Gasteiger partial charge in [0.25, 0.3) is 0 Å². The number of hydrogen-bond donors (Lipinski definition) is 1. The van der Waals surface area contributed by atoms with Crippen LogP contribution in [-0.4, -0.2) is 24.5 Å². The molecule has 3 rings (SSSR count). The fourth-order valence-electron chi connectivity index (χ4n) is 1.90. The van der Waals surface area contributed by atoms with Gasteiger partial charge in [0.2, 0.25) is 0 Å². The molecule has 0 amide bonds. The molecule has 2 N–H and O–H groups in total. The van der Waals surface area contributed by atoms with E-state index in [9.17, 15) is 0 Å². The van der Waals surface area contributed by atoms with E-state index in [0.29, 0.717) is 5.82 Å². The third-order valence-electron chi connectivity index (χ3n) is 2.71. The highest BCUT2D eigenvalue weighted by Crippen LogP contribution is 2.21. The van der Waals surface area contributed by atoms with Gasteiger partial charge in [-0.05, 0) is 13.0 Å². The van der Waals surface area contributed by atoms with Crippen molar-refractivity contribution in [2.75, 3.05) is 5.73 Å². The molecule has 0 fully saturated rings. The number of fused-ring (bicyclic) bond motifs is 1. The number of aromatic nitrogens is 5. The van der Waals surface area contributed by atoms with Gasteiger partial charge in [-0.2, -0.15) is 10.2 Å². The maximum absolute atomic E-state index is 5.68. The molecule has 6 heteroatoms. The van der Waals surface area contributed by atoms with E-state index in [1.54, 1.807) is 17.1 Å². The van der Waals surface area contributed by atoms with Crippen LogP contribution in [0.25, 0.3) is 16.6 Å². The predicted octanol–water partition coefficient (Wildman–Crippen LogP) is 1.04. The minimum atomic E-state index is 0.506. The largest absolute Gasteiger partial charge is 0.384 e. The lowest BCUT2D eigenvalue weighted by molar-refractivity contribution is 0.766. The summed E-state index contributed by atoms with van der Waals surface area (Å²) in [5, 5.41) is 9.63. The molecular formula is C11H12N6. The van der Waals surface area contributed by atoms with E-state index in [1.165, 1.54) is 0 Å². The number of hydrogen-bond acceptors (Lipinski definition) is 4. The molecule has 0 spiro atoms. The SMILES string of the molecule is Cc1nn(-c2cnn(C)c2)c2cnc(N)cc12. The highest BCUT2D eigenvalue weighted by Gasteiger charge is 2.10. The van der Waals surface area contributed by atoms with Gasteiger partial charge in [0.15, 0.2) is 0 Å². The summed E-state index contributed by atoms with van der Waals surface area (Å²) in [7, 11) is 1.87. The second kappa shape index (κ2) is 3.31. The number of nitrogen functional groups attached to an aromatic ring is 1. The molecule has 17 heavy (non-hydrogen) atoms. The molecule has 0 bridgehead atoms. The molecule has 3 heterocycles. The molecular weight excluding hydrogens is 216 g/mol. The molecule has 0 saturated carbocycles. The molecule has 3 aromatic heterocycles. The van der Waals surface area contributed by atoms with E-state index in [4.69, 9.17) is 5.73 Å². The number of pyridine rings is 1. The van der Waals surface area contributed by atoms with Crippen LogP contribution in [-0.2, 0) is 7.05 Å². The van der Waals surface area contributed by atoms with Crippen molar-refractivity contribution in [2.24, 2.45) is 7.05 Å². The molecule has 0 saturated heterocycles. The summed E-state index contributed by atoms with van der Waals surface area (Å²) in [5.41, 5.74) is 8.46. The Morgan fingerprint density at radius 3 is 2.82 bits per heavy atom. The van der Waals surface area contributed by atoms with Crippen LogP contribution in [0.1, 0.15) is 5.69 Å². The normalized spacial score (nSPS) is 11.2. The Morgan fingerprint density at radius 2 is 2.12 bits per heavy atom. The fourth-order valence-corrected chi connectivity index (χ4v) is 1.90. The topological polar surface area (TPSA) is 74.5 Å². The van der Waals surface area contributed by atoms with Crippen molar-refractivity contribution in [1.29, 1.82) is 0 Å². The van der Waals surface area contributed by atoms with Crippen molar-refractivity contribution in [2.45, 2.75) is 6.92 Å². The Balaban J connectivity index is 2.31. The number of rotatable bonds is 1. The first-order chi connectivity index (χ1) is 8.15. The van der Waals surface area contributed by atoms with Crippen LogP contribution in [0.5, 0.6) is 0 Å². The van der Waals surface area contributed by atoms with Crippen molar-refractivity contribution in [1.82, 2.24) is 24.5 Å². The third kappa shape index (κ3) is 1.45. The first-order valence-corrected chi connectivity index (χ1v) is 5.25. The van der Waals surface area contributed by atoms with Crippen LogP contribution in [0.3, 0.4) is 0 Å². The lowest BCUT2D eigenvalue weighted by Gasteiger charge is -1.98. The minimum Gasteiger partial charge on any atom is -0.384 e. The second-order valence-electron chi connectivity index (χ2n) is 4.00. The van der Waals surface area contributed by atoms with Gasteiger partial charge in [-0.3, -0.25) is 4.68 Å². The Labute approximate surface area is 97.7 Å². The summed E-state index contributed by atoms with van der Waals surface area (Å²) in [6.07, 6.45) is 5.40. The summed E-state index contributed by atoms with van der Waals surface area (Å²) in [4.78, 5) is 4.10. The van der Waals surface area contributed by atoms with Crippen LogP contribution in [0.2, 0.25) is 0 Å². The maximum atomic E-state index is 5.68. The van der Waals surface area contributed by atoms with Gasteiger partial charge in [-0.15, -0.1) is 0 Å². The Bertz CT molecular complexity index is 693. The summed E-state index contributed by atoms with van der Waals surface area (Å²) >= 11 is 0. The standard InChI is InChI=1S/C11H12N6/c1-7-9-3-11(12)13-5-10(9)17(15-7)8-4-14-16(2)6-8/h3-6H,1-2H3,(H2,12,13). The van der Waals surface area contributed by atoms with Gasteiger partial charge in [0.1, 0.15) is 11.5 Å². The lowest BCUT2D eigenvalue weighted by Crippen LogP contribution is -1.96. The Hall–Kier alpha value is -2.37. The molecule has 0 unspecified atom stereocenters. The first kappa shape index (κ1) is 9.83. The molecule has 6 nitrogen and oxygen atoms in total. The number of aryl methyl sites for hydroxylation is 2. The number of nitrogens with zero attached hydrogens (tertiary/aromatic N) is 5. The highest BCUT2D eigenvalue weighted by atomic mass is 15.3. The van der Waals surface area contributed by atoms with E-state index < -0.39 is 0 Å². The average Bonchev–Trinajstić information content (AvgIpc) is 2.84. The van der Waals surface area contributed by atoms with Gasteiger partial charge in [0, 0.05) is 12.4 Å². The maximum Gasteiger partial charge on any atom is 0.124 e. The zero-order chi connectivity index (χ0) is 12.0. The second-order valence-corrected chi connectivity index (χ2v) is 4.00. The molecule has 86 valence electrons. The fraction of sp³-hybridized carbons (Fsp3) is 0.182. The van der Waals surface area contributed by atoms with Crippen LogP contribution in [0.15, 0.2) is 24.7 Å². The summed E-state index contributed by atoms with van der Waals surface area (Å²) in [6, 6.07) is 1.84. The predicted molar refractivity (Wildman–Crippen MR) is 64.8 cm³/mol. The average molecular weight is 228 g/mol. The van der Waals surface area contributed by atoms with E-state index in [1.807, 2.05) is 30.9 Å². The van der Waals surface area contributed by atoms with Crippen molar-refractivity contribution in [3.05, 3.63) is 30.4 Å². The van der Waals surface area contributed by atoms with Crippen molar-refractivity contribution >= 4 is 16.7 Å². The van der Waals surface area contributed by atoms with Crippen molar-refractivity contribution in [3.8, 4) is 5.69 Å². The molecule has 0 radical (unpaired) electrons. The summed E-state index contributed by atoms with van der Waals surface area (Å²) in [5.74, 6) is 0.506. The molecule has 0 aliphatic heterocycles. The van der Waals surface area contributed by atoms with Gasteiger partial charge in [0.05, 0.1) is 29.8 Å².